The first-order valence-electron chi connectivity index (χ1n) is 10.5. The van der Waals surface area contributed by atoms with E-state index in [4.69, 9.17) is 15.2 Å². The fourth-order valence-electron chi connectivity index (χ4n) is 4.02. The van der Waals surface area contributed by atoms with Crippen LogP contribution in [0.3, 0.4) is 0 Å². The highest BCUT2D eigenvalue weighted by Crippen LogP contribution is 2.41. The summed E-state index contributed by atoms with van der Waals surface area (Å²) in [5.74, 6) is 1.48. The molecule has 2 fully saturated rings. The molecule has 0 unspecified atom stereocenters. The van der Waals surface area contributed by atoms with Crippen LogP contribution in [0.15, 0.2) is 53.0 Å². The fraction of sp³-hybridized carbons (Fsp3) is 0.435. The quantitative estimate of drug-likeness (QED) is 0.581. The zero-order valence-electron chi connectivity index (χ0n) is 16.9. The Morgan fingerprint density at radius 1 is 1.17 bits per heavy atom. The van der Waals surface area contributed by atoms with E-state index in [1.165, 1.54) is 12.0 Å². The Hall–Kier alpha value is -2.09. The molecule has 3 atom stereocenters. The van der Waals surface area contributed by atoms with Crippen molar-refractivity contribution < 1.29 is 14.3 Å². The molecule has 3 N–H and O–H groups in total. The highest BCUT2D eigenvalue weighted by Gasteiger charge is 2.37. The van der Waals surface area contributed by atoms with Crippen LogP contribution in [-0.4, -0.2) is 49.3 Å². The molecule has 7 heteroatoms. The van der Waals surface area contributed by atoms with Gasteiger partial charge in [0.25, 0.3) is 0 Å². The lowest BCUT2D eigenvalue weighted by Crippen LogP contribution is -2.33. The van der Waals surface area contributed by atoms with Crippen molar-refractivity contribution in [3.8, 4) is 5.75 Å². The van der Waals surface area contributed by atoms with Crippen molar-refractivity contribution in [2.75, 3.05) is 26.2 Å². The second-order valence-corrected chi connectivity index (χ2v) is 8.95. The van der Waals surface area contributed by atoms with Crippen LogP contribution in [0.5, 0.6) is 5.75 Å². The number of benzene rings is 2. The minimum Gasteiger partial charge on any atom is -0.489 e. The van der Waals surface area contributed by atoms with Crippen LogP contribution in [0.2, 0.25) is 0 Å². The second kappa shape index (κ2) is 9.81. The summed E-state index contributed by atoms with van der Waals surface area (Å²) < 4.78 is 12.0. The Morgan fingerprint density at radius 3 is 2.67 bits per heavy atom. The van der Waals surface area contributed by atoms with Gasteiger partial charge in [-0.05, 0) is 48.2 Å². The van der Waals surface area contributed by atoms with Crippen molar-refractivity contribution in [1.29, 1.82) is 0 Å². The largest absolute Gasteiger partial charge is 0.489 e. The standard InChI is InChI=1S/C23H28BrN3O3/c24-18-5-1-16(2-6-18)15-29-19-7-3-17(4-8-19)21-13-22(21)26-10-12-27-11-9-20(14-27)30-23(25)28/h1-8,20-22,26H,9-15H2,(H2,25,28)/t20-,21+,22-/m1/s1. The molecule has 0 radical (unpaired) electrons. The number of amides is 1. The van der Waals surface area contributed by atoms with E-state index in [-0.39, 0.29) is 6.10 Å². The molecule has 1 aliphatic heterocycles. The third kappa shape index (κ3) is 5.97. The lowest BCUT2D eigenvalue weighted by molar-refractivity contribution is 0.109. The third-order valence-electron chi connectivity index (χ3n) is 5.76. The summed E-state index contributed by atoms with van der Waals surface area (Å²) in [6, 6.07) is 17.2. The van der Waals surface area contributed by atoms with Crippen molar-refractivity contribution in [1.82, 2.24) is 10.2 Å². The molecule has 2 aliphatic rings. The van der Waals surface area contributed by atoms with Gasteiger partial charge in [-0.15, -0.1) is 0 Å². The molecule has 0 spiro atoms. The molecule has 2 aromatic rings. The Labute approximate surface area is 185 Å². The predicted octanol–water partition coefficient (Wildman–Crippen LogP) is 3.64. The van der Waals surface area contributed by atoms with Crippen molar-refractivity contribution in [2.45, 2.75) is 37.5 Å². The number of rotatable bonds is 9. The Morgan fingerprint density at radius 2 is 1.93 bits per heavy atom. The molecular weight excluding hydrogens is 446 g/mol. The van der Waals surface area contributed by atoms with Gasteiger partial charge < -0.3 is 20.5 Å². The van der Waals surface area contributed by atoms with Gasteiger partial charge in [0.15, 0.2) is 0 Å². The van der Waals surface area contributed by atoms with E-state index in [2.05, 4.69) is 62.5 Å². The second-order valence-electron chi connectivity index (χ2n) is 8.04. The van der Waals surface area contributed by atoms with Crippen LogP contribution < -0.4 is 15.8 Å². The number of hydrogen-bond donors (Lipinski definition) is 2. The summed E-state index contributed by atoms with van der Waals surface area (Å²) in [6.07, 6.45) is 1.31. The molecule has 2 aromatic carbocycles. The molecule has 1 saturated carbocycles. The summed E-state index contributed by atoms with van der Waals surface area (Å²) in [7, 11) is 0. The fourth-order valence-corrected chi connectivity index (χ4v) is 4.28. The smallest absolute Gasteiger partial charge is 0.404 e. The highest BCUT2D eigenvalue weighted by atomic mass is 79.9. The molecule has 1 heterocycles. The Bertz CT molecular complexity index is 844. The van der Waals surface area contributed by atoms with Crippen molar-refractivity contribution in [2.24, 2.45) is 5.73 Å². The van der Waals surface area contributed by atoms with Gasteiger partial charge in [-0.25, -0.2) is 4.79 Å². The summed E-state index contributed by atoms with van der Waals surface area (Å²) in [5, 5.41) is 3.64. The maximum Gasteiger partial charge on any atom is 0.404 e. The van der Waals surface area contributed by atoms with E-state index < -0.39 is 6.09 Å². The van der Waals surface area contributed by atoms with Crippen LogP contribution in [0.1, 0.15) is 29.9 Å². The number of carbonyl (C=O) groups excluding carboxylic acids is 1. The van der Waals surface area contributed by atoms with Crippen LogP contribution in [0.25, 0.3) is 0 Å². The zero-order chi connectivity index (χ0) is 20.9. The van der Waals surface area contributed by atoms with Gasteiger partial charge in [0.05, 0.1) is 0 Å². The third-order valence-corrected chi connectivity index (χ3v) is 6.29. The summed E-state index contributed by atoms with van der Waals surface area (Å²) in [4.78, 5) is 13.2. The van der Waals surface area contributed by atoms with Gasteiger partial charge in [0.2, 0.25) is 0 Å². The molecule has 160 valence electrons. The Kier molecular flexibility index (Phi) is 6.92. The molecule has 6 nitrogen and oxygen atoms in total. The highest BCUT2D eigenvalue weighted by molar-refractivity contribution is 9.10. The van der Waals surface area contributed by atoms with E-state index in [0.29, 0.717) is 18.6 Å². The molecule has 1 saturated heterocycles. The SMILES string of the molecule is NC(=O)O[C@@H]1CCN(CCN[C@@H]2C[C@H]2c2ccc(OCc3ccc(Br)cc3)cc2)C1. The van der Waals surface area contributed by atoms with E-state index in [1.807, 2.05) is 12.1 Å². The minimum atomic E-state index is -0.675. The van der Waals surface area contributed by atoms with E-state index in [0.717, 1.165) is 48.4 Å². The van der Waals surface area contributed by atoms with Crippen LogP contribution in [0, 0.1) is 0 Å². The lowest BCUT2D eigenvalue weighted by Gasteiger charge is -2.16. The Balaban J connectivity index is 1.15. The molecule has 0 aromatic heterocycles. The maximum atomic E-state index is 10.8. The first kappa shape index (κ1) is 21.2. The molecule has 30 heavy (non-hydrogen) atoms. The predicted molar refractivity (Wildman–Crippen MR) is 120 cm³/mol. The number of halogens is 1. The molecular formula is C23H28BrN3O3. The van der Waals surface area contributed by atoms with Gasteiger partial charge in [-0.1, -0.05) is 40.2 Å². The normalized spacial score (nSPS) is 23.3. The maximum absolute atomic E-state index is 10.8. The van der Waals surface area contributed by atoms with E-state index in [1.54, 1.807) is 0 Å². The number of nitrogens with two attached hydrogens (primary N) is 1. The number of hydrogen-bond acceptors (Lipinski definition) is 5. The lowest BCUT2D eigenvalue weighted by atomic mass is 10.1. The number of ether oxygens (including phenoxy) is 2. The molecule has 4 rings (SSSR count). The number of nitrogens with zero attached hydrogens (tertiary/aromatic N) is 1. The van der Waals surface area contributed by atoms with E-state index in [9.17, 15) is 4.79 Å². The van der Waals surface area contributed by atoms with Crippen molar-refractivity contribution in [3.05, 3.63) is 64.1 Å². The first-order chi connectivity index (χ1) is 14.6. The average Bonchev–Trinajstić information content (AvgIpc) is 3.37. The number of primary amides is 1. The summed E-state index contributed by atoms with van der Waals surface area (Å²) in [5.41, 5.74) is 7.61. The summed E-state index contributed by atoms with van der Waals surface area (Å²) in [6.45, 7) is 4.21. The van der Waals surface area contributed by atoms with E-state index >= 15 is 0 Å². The number of likely N-dealkylation sites (tertiary alicyclic amines) is 1. The first-order valence-corrected chi connectivity index (χ1v) is 11.2. The van der Waals surface area contributed by atoms with Crippen molar-refractivity contribution >= 4 is 22.0 Å². The monoisotopic (exact) mass is 473 g/mol. The zero-order valence-corrected chi connectivity index (χ0v) is 18.5. The van der Waals surface area contributed by atoms with Crippen LogP contribution >= 0.6 is 15.9 Å². The van der Waals surface area contributed by atoms with Crippen molar-refractivity contribution in [3.63, 3.8) is 0 Å². The van der Waals surface area contributed by atoms with Crippen LogP contribution in [0.4, 0.5) is 4.79 Å². The molecule has 0 bridgehead atoms. The minimum absolute atomic E-state index is 0.0549. The van der Waals surface area contributed by atoms with Gasteiger partial charge in [-0.3, -0.25) is 4.90 Å². The van der Waals surface area contributed by atoms with Crippen LogP contribution in [-0.2, 0) is 11.3 Å². The van der Waals surface area contributed by atoms with Gasteiger partial charge in [0, 0.05) is 42.6 Å². The average molecular weight is 474 g/mol. The summed E-state index contributed by atoms with van der Waals surface area (Å²) >= 11 is 3.45. The topological polar surface area (TPSA) is 76.8 Å². The number of carbonyl (C=O) groups is 1. The number of nitrogens with one attached hydrogen (secondary N) is 1. The van der Waals surface area contributed by atoms with Gasteiger partial charge in [0.1, 0.15) is 18.5 Å². The molecule has 1 aliphatic carbocycles. The molecule has 1 amide bonds. The van der Waals surface area contributed by atoms with Gasteiger partial charge in [-0.2, -0.15) is 0 Å². The van der Waals surface area contributed by atoms with Gasteiger partial charge >= 0.3 is 6.09 Å².